The molecule has 311 valence electrons. The topological polar surface area (TPSA) is 136 Å². The van der Waals surface area contributed by atoms with E-state index in [0.29, 0.717) is 59.6 Å². The maximum Gasteiger partial charge on any atom is 0.338 e. The normalized spacial score (nSPS) is 16.7. The number of amides is 2. The second-order valence-corrected chi connectivity index (χ2v) is 15.2. The van der Waals surface area contributed by atoms with Gasteiger partial charge >= 0.3 is 5.97 Å². The van der Waals surface area contributed by atoms with Crippen LogP contribution in [0.15, 0.2) is 60.9 Å². The van der Waals surface area contributed by atoms with Crippen LogP contribution in [0.3, 0.4) is 0 Å². The number of thiocarbonyl (C=S) groups is 2. The van der Waals surface area contributed by atoms with Gasteiger partial charge in [0, 0.05) is 16.9 Å². The molecule has 2 aliphatic heterocycles. The van der Waals surface area contributed by atoms with Gasteiger partial charge in [-0.25, -0.2) is 13.6 Å². The van der Waals surface area contributed by atoms with E-state index < -0.39 is 39.9 Å². The van der Waals surface area contributed by atoms with Crippen molar-refractivity contribution >= 4 is 99.8 Å². The number of hydrogen-bond donors (Lipinski definition) is 1. The highest BCUT2D eigenvalue weighted by Gasteiger charge is 2.61. The van der Waals surface area contributed by atoms with Crippen LogP contribution in [0.2, 0.25) is 6.82 Å². The van der Waals surface area contributed by atoms with Crippen molar-refractivity contribution in [2.24, 2.45) is 0 Å². The number of halogens is 2. The SMILES string of the molecule is C.C.[C-]#[N+]c1ncc(N2C(=O)C3(CCC3)N(c3ccc(C(=O)O)c(F)c3)C2=S)cc1C.[C-]#[N+]c1ncc(N2C(=O)C3(CCC3)N(c3ccc(C(=O)[B]C)c(F)c3)C2=S)cc1C. The first-order valence-corrected chi connectivity index (χ1v) is 19.2. The fourth-order valence-electron chi connectivity index (χ4n) is 7.82. The lowest BCUT2D eigenvalue weighted by Gasteiger charge is -2.43. The van der Waals surface area contributed by atoms with Crippen molar-refractivity contribution < 1.29 is 33.1 Å². The summed E-state index contributed by atoms with van der Waals surface area (Å²) >= 11 is 11.2. The van der Waals surface area contributed by atoms with Crippen molar-refractivity contribution in [1.82, 2.24) is 9.97 Å². The third-order valence-electron chi connectivity index (χ3n) is 11.2. The maximum atomic E-state index is 14.6. The molecule has 13 nitrogen and oxygen atoms in total. The number of pyridine rings is 2. The summed E-state index contributed by atoms with van der Waals surface area (Å²) in [6.07, 6.45) is 6.86. The molecule has 2 saturated carbocycles. The molecular weight excluding hydrogens is 821 g/mol. The summed E-state index contributed by atoms with van der Waals surface area (Å²) in [7, 11) is 1.30. The van der Waals surface area contributed by atoms with Gasteiger partial charge in [-0.1, -0.05) is 34.8 Å². The van der Waals surface area contributed by atoms with Crippen LogP contribution < -0.4 is 19.6 Å². The summed E-state index contributed by atoms with van der Waals surface area (Å²) in [5.41, 5.74) is 0.303. The maximum absolute atomic E-state index is 14.6. The number of carbonyl (C=O) groups excluding carboxylic acids is 3. The lowest BCUT2D eigenvalue weighted by Crippen LogP contribution is -2.55. The van der Waals surface area contributed by atoms with Crippen LogP contribution in [0.25, 0.3) is 9.69 Å². The molecule has 0 atom stereocenters. The van der Waals surface area contributed by atoms with Crippen LogP contribution in [-0.2, 0) is 9.59 Å². The monoisotopic (exact) mass is 861 g/mol. The molecule has 4 aromatic rings. The van der Waals surface area contributed by atoms with E-state index in [0.717, 1.165) is 18.9 Å². The van der Waals surface area contributed by atoms with Crippen LogP contribution in [0.4, 0.5) is 43.2 Å². The summed E-state index contributed by atoms with van der Waals surface area (Å²) in [5, 5.41) is 9.47. The van der Waals surface area contributed by atoms with Gasteiger partial charge in [0.25, 0.3) is 23.5 Å². The minimum atomic E-state index is -1.37. The standard InChI is InChI=1S/C21H17BFN4O2S.C20H15FN4O3S.2CH4/c1-12-9-14(11-25-18(12)24-3)26-19(29)21(7-4-8-21)27(20(26)30)13-5-6-15(16(23)10-13)17(28)22-2;1-11-8-13(10-23-16(11)22-2)24-18(28)20(6-3-7-20)25(19(24)29)12-4-5-14(17(26)27)15(21)9-12;;/h5-6,9-11H,4,7-8H2,1-2H3;4-5,8-10H,3,6-7H2,1H3,(H,26,27);2*1H4. The Kier molecular flexibility index (Phi) is 12.9. The summed E-state index contributed by atoms with van der Waals surface area (Å²) in [5.74, 6) is -2.81. The average molecular weight is 862 g/mol. The van der Waals surface area contributed by atoms with Crippen molar-refractivity contribution in [2.75, 3.05) is 19.6 Å². The van der Waals surface area contributed by atoms with Crippen molar-refractivity contribution in [3.8, 4) is 0 Å². The lowest BCUT2D eigenvalue weighted by molar-refractivity contribution is -0.124. The first-order chi connectivity index (χ1) is 28.1. The molecule has 4 fully saturated rings. The van der Waals surface area contributed by atoms with E-state index in [-0.39, 0.29) is 54.1 Å². The van der Waals surface area contributed by atoms with Gasteiger partial charge in [0.05, 0.1) is 16.9 Å². The van der Waals surface area contributed by atoms with E-state index in [2.05, 4.69) is 19.7 Å². The van der Waals surface area contributed by atoms with Crippen LogP contribution in [0, 0.1) is 38.6 Å². The van der Waals surface area contributed by atoms with Crippen LogP contribution in [0.5, 0.6) is 0 Å². The lowest BCUT2D eigenvalue weighted by atomic mass is 9.73. The highest BCUT2D eigenvalue weighted by molar-refractivity contribution is 7.81. The number of anilines is 4. The molecule has 4 heterocycles. The van der Waals surface area contributed by atoms with Gasteiger partial charge in [0.2, 0.25) is 7.28 Å². The molecule has 0 bridgehead atoms. The number of hydrogen-bond acceptors (Lipinski definition) is 8. The van der Waals surface area contributed by atoms with E-state index in [9.17, 15) is 28.0 Å². The molecule has 8 rings (SSSR count). The molecule has 2 spiro atoms. The molecule has 2 saturated heterocycles. The number of nitrogens with zero attached hydrogens (tertiary/aromatic N) is 8. The number of carboxylic acids is 1. The number of rotatable bonds is 7. The minimum Gasteiger partial charge on any atom is -0.478 e. The number of carboxylic acid groups (broad SMARTS) is 1. The van der Waals surface area contributed by atoms with E-state index in [1.807, 2.05) is 0 Å². The van der Waals surface area contributed by atoms with Crippen LogP contribution in [-0.4, -0.2) is 67.1 Å². The van der Waals surface area contributed by atoms with Gasteiger partial charge in [0.15, 0.2) is 10.2 Å². The highest BCUT2D eigenvalue weighted by Crippen LogP contribution is 2.49. The summed E-state index contributed by atoms with van der Waals surface area (Å²) < 4.78 is 29.0. The van der Waals surface area contributed by atoms with Gasteiger partial charge in [-0.15, -0.1) is 9.97 Å². The van der Waals surface area contributed by atoms with Crippen molar-refractivity contribution in [1.29, 1.82) is 0 Å². The van der Waals surface area contributed by atoms with Crippen molar-refractivity contribution in [3.63, 3.8) is 0 Å². The smallest absolute Gasteiger partial charge is 0.338 e. The molecule has 4 aliphatic rings. The largest absolute Gasteiger partial charge is 0.478 e. The molecule has 61 heavy (non-hydrogen) atoms. The number of aromatic nitrogens is 2. The van der Waals surface area contributed by atoms with Gasteiger partial charge in [-0.3, -0.25) is 19.4 Å². The van der Waals surface area contributed by atoms with E-state index >= 15 is 0 Å². The fraction of sp³-hybridized carbons (Fsp3) is 0.302. The number of aromatic carboxylic acids is 1. The highest BCUT2D eigenvalue weighted by atomic mass is 32.1. The summed E-state index contributed by atoms with van der Waals surface area (Å²) in [4.78, 5) is 70.8. The van der Waals surface area contributed by atoms with E-state index in [1.165, 1.54) is 53.7 Å². The Bertz CT molecular complexity index is 2620. The van der Waals surface area contributed by atoms with E-state index in [1.54, 1.807) is 48.7 Å². The fourth-order valence-corrected chi connectivity index (χ4v) is 8.75. The Morgan fingerprint density at radius 3 is 1.41 bits per heavy atom. The average Bonchev–Trinajstić information content (AvgIpc) is 3.56. The van der Waals surface area contributed by atoms with Gasteiger partial charge < -0.3 is 29.4 Å². The molecule has 2 aromatic carbocycles. The number of benzene rings is 2. The molecule has 0 unspecified atom stereocenters. The molecule has 2 aromatic heterocycles. The van der Waals surface area contributed by atoms with Crippen LogP contribution in [0.1, 0.15) is 85.2 Å². The second-order valence-electron chi connectivity index (χ2n) is 14.5. The zero-order valence-corrected chi connectivity index (χ0v) is 33.5. The third kappa shape index (κ3) is 7.29. The zero-order chi connectivity index (χ0) is 42.6. The predicted molar refractivity (Wildman–Crippen MR) is 238 cm³/mol. The van der Waals surface area contributed by atoms with Gasteiger partial charge in [0.1, 0.15) is 40.8 Å². The Morgan fingerprint density at radius 2 is 1.11 bits per heavy atom. The quantitative estimate of drug-likeness (QED) is 0.108. The molecule has 1 N–H and O–H groups in total. The third-order valence-corrected chi connectivity index (χ3v) is 11.9. The number of aryl methyl sites for hydroxylation is 2. The Balaban J connectivity index is 0.000000224. The second kappa shape index (κ2) is 17.2. The molecule has 2 amide bonds. The molecule has 2 aliphatic carbocycles. The minimum absolute atomic E-state index is 0. The Morgan fingerprint density at radius 1 is 0.721 bits per heavy atom. The number of carbonyl (C=O) groups is 4. The summed E-state index contributed by atoms with van der Waals surface area (Å²) in [6.45, 7) is 19.3. The Labute approximate surface area is 363 Å². The van der Waals surface area contributed by atoms with Crippen LogP contribution >= 0.6 is 24.4 Å². The molecule has 1 radical (unpaired) electrons. The van der Waals surface area contributed by atoms with Gasteiger partial charge in [-0.2, -0.15) is 0 Å². The van der Waals surface area contributed by atoms with Gasteiger partial charge in [-0.05, 0) is 136 Å². The van der Waals surface area contributed by atoms with Crippen molar-refractivity contribution in [2.45, 2.75) is 85.1 Å². The molecule has 18 heteroatoms. The molecular formula is C43H40BF2N8O5S2. The zero-order valence-electron chi connectivity index (χ0n) is 31.8. The first-order valence-electron chi connectivity index (χ1n) is 18.4. The Hall–Kier alpha value is -6.50. The first kappa shape index (κ1) is 45.6. The predicted octanol–water partition coefficient (Wildman–Crippen LogP) is 9.14. The van der Waals surface area contributed by atoms with Crippen molar-refractivity contribution in [3.05, 3.63) is 118 Å². The van der Waals surface area contributed by atoms with E-state index in [4.69, 9.17) is 42.7 Å². The summed E-state index contributed by atoms with van der Waals surface area (Å²) in [6, 6.07) is 11.4.